The van der Waals surface area contributed by atoms with E-state index in [1.165, 1.54) is 27.0 Å². The summed E-state index contributed by atoms with van der Waals surface area (Å²) in [5.74, 6) is -1.98. The van der Waals surface area contributed by atoms with Crippen LogP contribution < -0.4 is 0 Å². The second-order valence-corrected chi connectivity index (χ2v) is 3.74. The smallest absolute Gasteiger partial charge is 0.315 e. The first kappa shape index (κ1) is 11.6. The van der Waals surface area contributed by atoms with Gasteiger partial charge in [-0.1, -0.05) is 6.07 Å². The summed E-state index contributed by atoms with van der Waals surface area (Å²) >= 11 is 0. The molecule has 0 bridgehead atoms. The lowest BCUT2D eigenvalue weighted by atomic mass is 9.84. The van der Waals surface area contributed by atoms with Crippen molar-refractivity contribution in [3.63, 3.8) is 0 Å². The van der Waals surface area contributed by atoms with Gasteiger partial charge < -0.3 is 4.74 Å². The third-order valence-electron chi connectivity index (χ3n) is 2.30. The summed E-state index contributed by atoms with van der Waals surface area (Å²) in [5, 5.41) is 0. The van der Waals surface area contributed by atoms with Crippen molar-refractivity contribution in [2.24, 2.45) is 0 Å². The summed E-state index contributed by atoms with van der Waals surface area (Å²) in [4.78, 5) is 11.4. The minimum absolute atomic E-state index is 0.121. The van der Waals surface area contributed by atoms with Crippen LogP contribution in [0.5, 0.6) is 0 Å². The summed E-state index contributed by atoms with van der Waals surface area (Å²) < 4.78 is 30.6. The van der Waals surface area contributed by atoms with Crippen LogP contribution in [-0.4, -0.2) is 13.1 Å². The number of esters is 1. The highest BCUT2D eigenvalue weighted by Gasteiger charge is 2.33. The van der Waals surface area contributed by atoms with Crippen LogP contribution in [0.3, 0.4) is 0 Å². The van der Waals surface area contributed by atoms with E-state index in [1.54, 1.807) is 0 Å². The number of hydrogen-bond acceptors (Lipinski definition) is 2. The third kappa shape index (κ3) is 2.14. The zero-order chi connectivity index (χ0) is 11.6. The quantitative estimate of drug-likeness (QED) is 0.707. The van der Waals surface area contributed by atoms with Crippen molar-refractivity contribution in [1.82, 2.24) is 0 Å². The average molecular weight is 214 g/mol. The molecular formula is C11H12F2O2. The van der Waals surface area contributed by atoms with E-state index < -0.39 is 23.0 Å². The lowest BCUT2D eigenvalue weighted by molar-refractivity contribution is -0.146. The maximum atomic E-state index is 13.4. The highest BCUT2D eigenvalue weighted by molar-refractivity contribution is 5.82. The predicted molar refractivity (Wildman–Crippen MR) is 51.4 cm³/mol. The van der Waals surface area contributed by atoms with Gasteiger partial charge in [-0.3, -0.25) is 4.79 Å². The van der Waals surface area contributed by atoms with Crippen LogP contribution in [-0.2, 0) is 14.9 Å². The van der Waals surface area contributed by atoms with Gasteiger partial charge in [-0.2, -0.15) is 0 Å². The maximum absolute atomic E-state index is 13.4. The fraction of sp³-hybridized carbons (Fsp3) is 0.364. The molecule has 1 rings (SSSR count). The zero-order valence-electron chi connectivity index (χ0n) is 8.80. The Morgan fingerprint density at radius 3 is 2.40 bits per heavy atom. The largest absolute Gasteiger partial charge is 0.468 e. The van der Waals surface area contributed by atoms with Gasteiger partial charge in [0.25, 0.3) is 0 Å². The van der Waals surface area contributed by atoms with Gasteiger partial charge in [-0.05, 0) is 19.9 Å². The molecule has 0 unspecified atom stereocenters. The van der Waals surface area contributed by atoms with E-state index in [0.717, 1.165) is 12.1 Å². The average Bonchev–Trinajstić information content (AvgIpc) is 2.15. The summed E-state index contributed by atoms with van der Waals surface area (Å²) in [6.07, 6.45) is 0. The first-order chi connectivity index (χ1) is 6.89. The molecule has 0 radical (unpaired) electrons. The summed E-state index contributed by atoms with van der Waals surface area (Å²) in [5.41, 5.74) is -0.997. The number of carbonyl (C=O) groups excluding carboxylic acids is 1. The fourth-order valence-corrected chi connectivity index (χ4v) is 1.36. The monoisotopic (exact) mass is 214 g/mol. The molecule has 0 saturated carbocycles. The number of benzene rings is 1. The molecule has 0 spiro atoms. The molecule has 0 heterocycles. The molecule has 0 N–H and O–H groups in total. The van der Waals surface area contributed by atoms with Gasteiger partial charge in [0, 0.05) is 11.6 Å². The van der Waals surface area contributed by atoms with Crippen LogP contribution in [0.15, 0.2) is 18.2 Å². The van der Waals surface area contributed by atoms with Crippen LogP contribution in [0.4, 0.5) is 8.78 Å². The second kappa shape index (κ2) is 3.96. The Balaban J connectivity index is 3.21. The van der Waals surface area contributed by atoms with Crippen molar-refractivity contribution < 1.29 is 18.3 Å². The fourth-order valence-electron chi connectivity index (χ4n) is 1.36. The Kier molecular flexibility index (Phi) is 3.07. The SMILES string of the molecule is COC(=O)C(C)(C)c1ccc(F)cc1F. The molecular weight excluding hydrogens is 202 g/mol. The molecule has 1 aromatic carbocycles. The zero-order valence-corrected chi connectivity index (χ0v) is 8.80. The normalized spacial score (nSPS) is 11.3. The Labute approximate surface area is 86.9 Å². The predicted octanol–water partition coefficient (Wildman–Crippen LogP) is 2.42. The lowest BCUT2D eigenvalue weighted by Crippen LogP contribution is -2.31. The van der Waals surface area contributed by atoms with E-state index in [9.17, 15) is 13.6 Å². The molecule has 4 heteroatoms. The number of rotatable bonds is 2. The van der Waals surface area contributed by atoms with Gasteiger partial charge in [-0.15, -0.1) is 0 Å². The Morgan fingerprint density at radius 2 is 1.93 bits per heavy atom. The number of carbonyl (C=O) groups is 1. The summed E-state index contributed by atoms with van der Waals surface area (Å²) in [6.45, 7) is 3.05. The molecule has 82 valence electrons. The topological polar surface area (TPSA) is 26.3 Å². The minimum atomic E-state index is -1.12. The van der Waals surface area contributed by atoms with Crippen LogP contribution in [0.1, 0.15) is 19.4 Å². The van der Waals surface area contributed by atoms with E-state index in [1.807, 2.05) is 0 Å². The maximum Gasteiger partial charge on any atom is 0.315 e. The van der Waals surface area contributed by atoms with Crippen LogP contribution in [0.25, 0.3) is 0 Å². The van der Waals surface area contributed by atoms with Crippen LogP contribution in [0, 0.1) is 11.6 Å². The van der Waals surface area contributed by atoms with Gasteiger partial charge in [0.15, 0.2) is 0 Å². The highest BCUT2D eigenvalue weighted by atomic mass is 19.1. The van der Waals surface area contributed by atoms with Crippen molar-refractivity contribution in [1.29, 1.82) is 0 Å². The van der Waals surface area contributed by atoms with Gasteiger partial charge in [0.05, 0.1) is 12.5 Å². The molecule has 0 saturated heterocycles. The van der Waals surface area contributed by atoms with Crippen molar-refractivity contribution >= 4 is 5.97 Å². The van der Waals surface area contributed by atoms with Gasteiger partial charge in [-0.25, -0.2) is 8.78 Å². The number of halogens is 2. The Hall–Kier alpha value is -1.45. The first-order valence-electron chi connectivity index (χ1n) is 4.43. The van der Waals surface area contributed by atoms with Crippen LogP contribution in [0.2, 0.25) is 0 Å². The molecule has 0 fully saturated rings. The van der Waals surface area contributed by atoms with Crippen LogP contribution >= 0.6 is 0 Å². The van der Waals surface area contributed by atoms with Crippen molar-refractivity contribution in [3.05, 3.63) is 35.4 Å². The molecule has 0 aliphatic heterocycles. The van der Waals surface area contributed by atoms with E-state index in [0.29, 0.717) is 0 Å². The van der Waals surface area contributed by atoms with Crippen molar-refractivity contribution in [2.45, 2.75) is 19.3 Å². The standard InChI is InChI=1S/C11H12F2O2/c1-11(2,10(14)15-3)8-5-4-7(12)6-9(8)13/h4-6H,1-3H3. The molecule has 0 aliphatic rings. The number of hydrogen-bond donors (Lipinski definition) is 0. The van der Waals surface area contributed by atoms with Gasteiger partial charge in [0.1, 0.15) is 11.6 Å². The molecule has 2 nitrogen and oxygen atoms in total. The molecule has 0 atom stereocenters. The van der Waals surface area contributed by atoms with Crippen molar-refractivity contribution in [2.75, 3.05) is 7.11 Å². The first-order valence-corrected chi connectivity index (χ1v) is 4.43. The number of ether oxygens (including phenoxy) is 1. The van der Waals surface area contributed by atoms with Crippen molar-refractivity contribution in [3.8, 4) is 0 Å². The van der Waals surface area contributed by atoms with Gasteiger partial charge >= 0.3 is 5.97 Å². The molecule has 0 amide bonds. The van der Waals surface area contributed by atoms with E-state index >= 15 is 0 Å². The third-order valence-corrected chi connectivity index (χ3v) is 2.30. The van der Waals surface area contributed by atoms with E-state index in [-0.39, 0.29) is 5.56 Å². The number of methoxy groups -OCH3 is 1. The summed E-state index contributed by atoms with van der Waals surface area (Å²) in [6, 6.07) is 3.12. The molecule has 0 aromatic heterocycles. The minimum Gasteiger partial charge on any atom is -0.468 e. The Bertz CT molecular complexity index is 386. The highest BCUT2D eigenvalue weighted by Crippen LogP contribution is 2.27. The van der Waals surface area contributed by atoms with Gasteiger partial charge in [0.2, 0.25) is 0 Å². The lowest BCUT2D eigenvalue weighted by Gasteiger charge is -2.22. The summed E-state index contributed by atoms with van der Waals surface area (Å²) in [7, 11) is 1.23. The molecule has 0 aliphatic carbocycles. The van der Waals surface area contributed by atoms with E-state index in [4.69, 9.17) is 0 Å². The van der Waals surface area contributed by atoms with E-state index in [2.05, 4.69) is 4.74 Å². The second-order valence-electron chi connectivity index (χ2n) is 3.74. The molecule has 1 aromatic rings. The molecule has 15 heavy (non-hydrogen) atoms. The Morgan fingerprint density at radius 1 is 1.33 bits per heavy atom.